The molecule has 1 amide bonds. The lowest BCUT2D eigenvalue weighted by Gasteiger charge is -2.23. The van der Waals surface area contributed by atoms with E-state index in [9.17, 15) is 9.59 Å². The Morgan fingerprint density at radius 3 is 2.27 bits per heavy atom. The first-order valence-electron chi connectivity index (χ1n) is 9.24. The molecule has 146 valence electrons. The number of benzene rings is 3. The zero-order valence-electron chi connectivity index (χ0n) is 15.8. The third-order valence-corrected chi connectivity index (χ3v) is 4.51. The van der Waals surface area contributed by atoms with Gasteiger partial charge in [0.15, 0.2) is 5.82 Å². The van der Waals surface area contributed by atoms with Crippen molar-refractivity contribution in [2.75, 3.05) is 4.90 Å². The summed E-state index contributed by atoms with van der Waals surface area (Å²) in [7, 11) is 0. The third kappa shape index (κ3) is 3.93. The van der Waals surface area contributed by atoms with Crippen LogP contribution in [0, 0.1) is 0 Å². The Balaban J connectivity index is 1.91. The standard InChI is InChI=1S/C24H17N3O3/c28-22(29)14-12-17-11-13-21-20(15-17)23(26-16-25-21)27(19-9-5-2-6-10-19)24(30)18-7-3-1-4-8-18/h1-16H,(H,28,29). The van der Waals surface area contributed by atoms with E-state index in [1.54, 1.807) is 35.2 Å². The van der Waals surface area contributed by atoms with Crippen molar-refractivity contribution in [1.82, 2.24) is 9.97 Å². The highest BCUT2D eigenvalue weighted by Crippen LogP contribution is 2.31. The van der Waals surface area contributed by atoms with Crippen LogP contribution in [0.1, 0.15) is 15.9 Å². The van der Waals surface area contributed by atoms with Crippen LogP contribution in [-0.4, -0.2) is 27.0 Å². The summed E-state index contributed by atoms with van der Waals surface area (Å²) in [6.45, 7) is 0. The fourth-order valence-electron chi connectivity index (χ4n) is 3.13. The Kier molecular flexibility index (Phi) is 5.30. The first-order valence-corrected chi connectivity index (χ1v) is 9.24. The Morgan fingerprint density at radius 1 is 0.867 bits per heavy atom. The van der Waals surface area contributed by atoms with Crippen molar-refractivity contribution in [2.24, 2.45) is 0 Å². The van der Waals surface area contributed by atoms with Crippen molar-refractivity contribution in [3.63, 3.8) is 0 Å². The van der Waals surface area contributed by atoms with E-state index in [1.807, 2.05) is 48.5 Å². The van der Waals surface area contributed by atoms with E-state index < -0.39 is 5.97 Å². The Bertz CT molecular complexity index is 1240. The molecular formula is C24H17N3O3. The van der Waals surface area contributed by atoms with Gasteiger partial charge in [-0.1, -0.05) is 42.5 Å². The average molecular weight is 395 g/mol. The Morgan fingerprint density at radius 2 is 1.57 bits per heavy atom. The van der Waals surface area contributed by atoms with E-state index >= 15 is 0 Å². The number of hydrogen-bond donors (Lipinski definition) is 1. The first kappa shape index (κ1) is 19.0. The van der Waals surface area contributed by atoms with E-state index in [0.29, 0.717) is 33.5 Å². The zero-order chi connectivity index (χ0) is 20.9. The maximum absolute atomic E-state index is 13.5. The second kappa shape index (κ2) is 8.36. The van der Waals surface area contributed by atoms with Crippen LogP contribution in [0.5, 0.6) is 0 Å². The molecule has 1 aromatic heterocycles. The predicted molar refractivity (Wildman–Crippen MR) is 116 cm³/mol. The summed E-state index contributed by atoms with van der Waals surface area (Å²) in [6, 6.07) is 23.5. The molecule has 1 heterocycles. The van der Waals surface area contributed by atoms with E-state index in [4.69, 9.17) is 5.11 Å². The maximum atomic E-state index is 13.5. The van der Waals surface area contributed by atoms with Gasteiger partial charge in [0.25, 0.3) is 5.91 Å². The number of amides is 1. The van der Waals surface area contributed by atoms with Gasteiger partial charge in [0.2, 0.25) is 0 Å². The fraction of sp³-hybridized carbons (Fsp3) is 0. The molecule has 0 bridgehead atoms. The van der Waals surface area contributed by atoms with Crippen molar-refractivity contribution in [3.05, 3.63) is 102 Å². The zero-order valence-corrected chi connectivity index (χ0v) is 15.8. The molecule has 3 aromatic carbocycles. The molecule has 0 aliphatic heterocycles. The summed E-state index contributed by atoms with van der Waals surface area (Å²) < 4.78 is 0. The van der Waals surface area contributed by atoms with Crippen LogP contribution in [0.4, 0.5) is 11.5 Å². The van der Waals surface area contributed by atoms with Crippen LogP contribution in [0.3, 0.4) is 0 Å². The molecule has 0 saturated heterocycles. The highest BCUT2D eigenvalue weighted by Gasteiger charge is 2.23. The van der Waals surface area contributed by atoms with Gasteiger partial charge in [-0.2, -0.15) is 0 Å². The molecule has 4 aromatic rings. The molecule has 0 atom stereocenters. The minimum Gasteiger partial charge on any atom is -0.478 e. The summed E-state index contributed by atoms with van der Waals surface area (Å²) in [5.41, 5.74) is 2.50. The number of rotatable bonds is 5. The second-order valence-electron chi connectivity index (χ2n) is 6.49. The molecule has 0 unspecified atom stereocenters. The van der Waals surface area contributed by atoms with Crippen LogP contribution in [-0.2, 0) is 4.79 Å². The summed E-state index contributed by atoms with van der Waals surface area (Å²) >= 11 is 0. The predicted octanol–water partition coefficient (Wildman–Crippen LogP) is 4.71. The number of carboxylic acids is 1. The minimum atomic E-state index is -1.04. The van der Waals surface area contributed by atoms with Gasteiger partial charge in [0.1, 0.15) is 6.33 Å². The molecule has 1 N–H and O–H groups in total. The van der Waals surface area contributed by atoms with E-state index in [1.165, 1.54) is 12.4 Å². The molecule has 0 spiro atoms. The first-order chi connectivity index (χ1) is 14.6. The lowest BCUT2D eigenvalue weighted by atomic mass is 10.1. The van der Waals surface area contributed by atoms with Gasteiger partial charge in [0, 0.05) is 17.0 Å². The maximum Gasteiger partial charge on any atom is 0.328 e. The fourth-order valence-corrected chi connectivity index (χ4v) is 3.13. The lowest BCUT2D eigenvalue weighted by Crippen LogP contribution is -2.27. The van der Waals surface area contributed by atoms with Gasteiger partial charge in [-0.15, -0.1) is 0 Å². The molecule has 0 saturated carbocycles. The number of para-hydroxylation sites is 1. The molecule has 0 aliphatic rings. The number of carbonyl (C=O) groups excluding carboxylic acids is 1. The highest BCUT2D eigenvalue weighted by atomic mass is 16.4. The van der Waals surface area contributed by atoms with Crippen molar-refractivity contribution < 1.29 is 14.7 Å². The minimum absolute atomic E-state index is 0.228. The smallest absolute Gasteiger partial charge is 0.328 e. The lowest BCUT2D eigenvalue weighted by molar-refractivity contribution is -0.131. The molecule has 0 fully saturated rings. The van der Waals surface area contributed by atoms with E-state index in [-0.39, 0.29) is 5.91 Å². The quantitative estimate of drug-likeness (QED) is 0.495. The topological polar surface area (TPSA) is 83.4 Å². The molecule has 4 rings (SSSR count). The number of aromatic nitrogens is 2. The number of carbonyl (C=O) groups is 2. The summed E-state index contributed by atoms with van der Waals surface area (Å²) in [5, 5.41) is 9.55. The number of carboxylic acid groups (broad SMARTS) is 1. The van der Waals surface area contributed by atoms with Gasteiger partial charge in [-0.3, -0.25) is 9.69 Å². The molecule has 30 heavy (non-hydrogen) atoms. The van der Waals surface area contributed by atoms with Crippen molar-refractivity contribution in [2.45, 2.75) is 0 Å². The third-order valence-electron chi connectivity index (χ3n) is 4.51. The van der Waals surface area contributed by atoms with Gasteiger partial charge >= 0.3 is 5.97 Å². The molecule has 0 aliphatic carbocycles. The van der Waals surface area contributed by atoms with E-state index in [2.05, 4.69) is 9.97 Å². The Hall–Kier alpha value is -4.32. The van der Waals surface area contributed by atoms with Crippen LogP contribution in [0.25, 0.3) is 17.0 Å². The van der Waals surface area contributed by atoms with Crippen molar-refractivity contribution >= 4 is 40.4 Å². The van der Waals surface area contributed by atoms with Crippen LogP contribution in [0.2, 0.25) is 0 Å². The molecule has 0 radical (unpaired) electrons. The second-order valence-corrected chi connectivity index (χ2v) is 6.49. The summed E-state index contributed by atoms with van der Waals surface area (Å²) in [4.78, 5) is 34.6. The van der Waals surface area contributed by atoms with Gasteiger partial charge in [-0.05, 0) is 48.0 Å². The number of fused-ring (bicyclic) bond motifs is 1. The highest BCUT2D eigenvalue weighted by molar-refractivity contribution is 6.13. The van der Waals surface area contributed by atoms with Crippen molar-refractivity contribution in [3.8, 4) is 0 Å². The largest absolute Gasteiger partial charge is 0.478 e. The normalized spacial score (nSPS) is 10.9. The SMILES string of the molecule is O=C(O)C=Cc1ccc2ncnc(N(C(=O)c3ccccc3)c3ccccc3)c2c1. The Labute approximate surface area is 172 Å². The van der Waals surface area contributed by atoms with Gasteiger partial charge in [-0.25, -0.2) is 14.8 Å². The average Bonchev–Trinajstić information content (AvgIpc) is 2.79. The van der Waals surface area contributed by atoms with Crippen LogP contribution < -0.4 is 4.90 Å². The molecular weight excluding hydrogens is 378 g/mol. The monoisotopic (exact) mass is 395 g/mol. The number of aliphatic carboxylic acids is 1. The number of nitrogens with zero attached hydrogens (tertiary/aromatic N) is 3. The van der Waals surface area contributed by atoms with Crippen LogP contribution >= 0.6 is 0 Å². The van der Waals surface area contributed by atoms with Gasteiger partial charge in [0.05, 0.1) is 11.2 Å². The molecule has 6 nitrogen and oxygen atoms in total. The summed E-state index contributed by atoms with van der Waals surface area (Å²) in [6.07, 6.45) is 3.97. The van der Waals surface area contributed by atoms with Gasteiger partial charge < -0.3 is 5.11 Å². The molecule has 6 heteroatoms. The van der Waals surface area contributed by atoms with Crippen molar-refractivity contribution in [1.29, 1.82) is 0 Å². The number of hydrogen-bond acceptors (Lipinski definition) is 4. The number of anilines is 2. The summed E-state index contributed by atoms with van der Waals surface area (Å²) in [5.74, 6) is -0.844. The van der Waals surface area contributed by atoms with E-state index in [0.717, 1.165) is 6.08 Å². The van der Waals surface area contributed by atoms with Crippen LogP contribution in [0.15, 0.2) is 91.3 Å².